The first-order valence-electron chi connectivity index (χ1n) is 6.14. The third-order valence-corrected chi connectivity index (χ3v) is 3.81. The molecule has 0 bridgehead atoms. The van der Waals surface area contributed by atoms with Gasteiger partial charge in [-0.3, -0.25) is 0 Å². The van der Waals surface area contributed by atoms with Crippen LogP contribution >= 0.6 is 27.5 Å². The number of nitrogens with one attached hydrogen (secondary N) is 1. The zero-order chi connectivity index (χ0) is 15.4. The molecule has 0 saturated carbocycles. The second-order valence-electron chi connectivity index (χ2n) is 4.32. The highest BCUT2D eigenvalue weighted by atomic mass is 79.9. The van der Waals surface area contributed by atoms with Gasteiger partial charge in [0.1, 0.15) is 17.3 Å². The van der Waals surface area contributed by atoms with Gasteiger partial charge in [0.25, 0.3) is 0 Å². The maximum atomic E-state index is 13.2. The van der Waals surface area contributed by atoms with Crippen LogP contribution in [-0.4, -0.2) is 14.2 Å². The number of hydrogen-bond acceptors (Lipinski definition) is 3. The van der Waals surface area contributed by atoms with Crippen LogP contribution in [0.4, 0.5) is 10.1 Å². The minimum Gasteiger partial charge on any atom is -0.497 e. The molecule has 0 aliphatic carbocycles. The fourth-order valence-electron chi connectivity index (χ4n) is 1.87. The lowest BCUT2D eigenvalue weighted by atomic mass is 10.2. The van der Waals surface area contributed by atoms with Crippen LogP contribution in [0, 0.1) is 5.82 Å². The van der Waals surface area contributed by atoms with E-state index >= 15 is 0 Å². The molecule has 2 aromatic carbocycles. The van der Waals surface area contributed by atoms with E-state index < -0.39 is 0 Å². The second-order valence-corrected chi connectivity index (χ2v) is 5.58. The molecule has 0 fully saturated rings. The molecule has 0 atom stereocenters. The van der Waals surface area contributed by atoms with Gasteiger partial charge in [-0.15, -0.1) is 0 Å². The van der Waals surface area contributed by atoms with Gasteiger partial charge < -0.3 is 14.8 Å². The van der Waals surface area contributed by atoms with Gasteiger partial charge in [-0.2, -0.15) is 0 Å². The number of hydrogen-bond donors (Lipinski definition) is 1. The van der Waals surface area contributed by atoms with Crippen LogP contribution in [0.2, 0.25) is 5.02 Å². The van der Waals surface area contributed by atoms with Crippen molar-refractivity contribution < 1.29 is 13.9 Å². The fraction of sp³-hybridized carbons (Fsp3) is 0.200. The van der Waals surface area contributed by atoms with Crippen molar-refractivity contribution in [3.05, 3.63) is 51.2 Å². The molecular weight excluding hydrogens is 361 g/mol. The monoisotopic (exact) mass is 373 g/mol. The predicted octanol–water partition coefficient (Wildman–Crippen LogP) is 4.87. The van der Waals surface area contributed by atoms with Crippen molar-refractivity contribution >= 4 is 33.2 Å². The summed E-state index contributed by atoms with van der Waals surface area (Å²) in [6.07, 6.45) is 0. The summed E-state index contributed by atoms with van der Waals surface area (Å²) in [4.78, 5) is 0. The van der Waals surface area contributed by atoms with Crippen LogP contribution < -0.4 is 14.8 Å². The number of halogens is 3. The highest BCUT2D eigenvalue weighted by Crippen LogP contribution is 2.32. The summed E-state index contributed by atoms with van der Waals surface area (Å²) in [7, 11) is 3.19. The molecule has 1 N–H and O–H groups in total. The standard InChI is InChI=1S/C15H14BrClFNO2/c1-20-11-3-9(4-12(7-11)21-2)8-19-15-13(16)5-10(18)6-14(15)17/h3-7,19H,8H2,1-2H3. The van der Waals surface area contributed by atoms with Crippen LogP contribution in [0.1, 0.15) is 5.56 Å². The highest BCUT2D eigenvalue weighted by molar-refractivity contribution is 9.10. The molecule has 112 valence electrons. The molecule has 0 amide bonds. The van der Waals surface area contributed by atoms with E-state index in [0.29, 0.717) is 33.2 Å². The summed E-state index contributed by atoms with van der Waals surface area (Å²) < 4.78 is 24.2. The first-order chi connectivity index (χ1) is 10.0. The van der Waals surface area contributed by atoms with Gasteiger partial charge in [0.05, 0.1) is 24.9 Å². The summed E-state index contributed by atoms with van der Waals surface area (Å²) in [6, 6.07) is 8.20. The molecule has 0 radical (unpaired) electrons. The Labute approximate surface area is 136 Å². The largest absolute Gasteiger partial charge is 0.497 e. The van der Waals surface area contributed by atoms with Gasteiger partial charge in [0, 0.05) is 17.1 Å². The van der Waals surface area contributed by atoms with Crippen molar-refractivity contribution in [3.8, 4) is 11.5 Å². The average Bonchev–Trinajstić information content (AvgIpc) is 2.45. The molecule has 0 spiro atoms. The van der Waals surface area contributed by atoms with E-state index in [1.165, 1.54) is 12.1 Å². The Bertz CT molecular complexity index is 606. The van der Waals surface area contributed by atoms with E-state index in [0.717, 1.165) is 5.56 Å². The quantitative estimate of drug-likeness (QED) is 0.810. The fourth-order valence-corrected chi connectivity index (χ4v) is 2.83. The highest BCUT2D eigenvalue weighted by Gasteiger charge is 2.09. The minimum atomic E-state index is -0.388. The third-order valence-electron chi connectivity index (χ3n) is 2.89. The van der Waals surface area contributed by atoms with Gasteiger partial charge >= 0.3 is 0 Å². The molecule has 6 heteroatoms. The number of rotatable bonds is 5. The van der Waals surface area contributed by atoms with Gasteiger partial charge in [-0.25, -0.2) is 4.39 Å². The molecule has 0 aliphatic rings. The van der Waals surface area contributed by atoms with E-state index in [1.54, 1.807) is 20.3 Å². The molecule has 0 aliphatic heterocycles. The Morgan fingerprint density at radius 1 is 1.10 bits per heavy atom. The summed E-state index contributed by atoms with van der Waals surface area (Å²) in [6.45, 7) is 0.498. The lowest BCUT2D eigenvalue weighted by Crippen LogP contribution is -2.02. The van der Waals surface area contributed by atoms with E-state index in [2.05, 4.69) is 21.2 Å². The van der Waals surface area contributed by atoms with Gasteiger partial charge in [-0.05, 0) is 45.8 Å². The Morgan fingerprint density at radius 2 is 1.71 bits per heavy atom. The lowest BCUT2D eigenvalue weighted by molar-refractivity contribution is 0.393. The van der Waals surface area contributed by atoms with E-state index in [9.17, 15) is 4.39 Å². The van der Waals surface area contributed by atoms with Crippen molar-refractivity contribution in [2.75, 3.05) is 19.5 Å². The molecular formula is C15H14BrClFNO2. The van der Waals surface area contributed by atoms with Gasteiger partial charge in [0.2, 0.25) is 0 Å². The maximum Gasteiger partial charge on any atom is 0.125 e. The third kappa shape index (κ3) is 4.02. The molecule has 0 heterocycles. The molecule has 0 unspecified atom stereocenters. The van der Waals surface area contributed by atoms with E-state index in [4.69, 9.17) is 21.1 Å². The van der Waals surface area contributed by atoms with Crippen molar-refractivity contribution in [1.82, 2.24) is 0 Å². The summed E-state index contributed by atoms with van der Waals surface area (Å²) >= 11 is 9.33. The first-order valence-corrected chi connectivity index (χ1v) is 7.31. The SMILES string of the molecule is COc1cc(CNc2c(Cl)cc(F)cc2Br)cc(OC)c1. The summed E-state index contributed by atoms with van der Waals surface area (Å²) in [5.41, 5.74) is 1.60. The number of ether oxygens (including phenoxy) is 2. The van der Waals surface area contributed by atoms with E-state index in [1.807, 2.05) is 12.1 Å². The maximum absolute atomic E-state index is 13.2. The van der Waals surface area contributed by atoms with Gasteiger partial charge in [0.15, 0.2) is 0 Å². The van der Waals surface area contributed by atoms with Crippen LogP contribution in [0.5, 0.6) is 11.5 Å². The Balaban J connectivity index is 2.20. The minimum absolute atomic E-state index is 0.316. The Hall–Kier alpha value is -1.46. The van der Waals surface area contributed by atoms with Crippen molar-refractivity contribution in [1.29, 1.82) is 0 Å². The predicted molar refractivity (Wildman–Crippen MR) is 86.0 cm³/mol. The first kappa shape index (κ1) is 15.9. The van der Waals surface area contributed by atoms with Crippen molar-refractivity contribution in [2.24, 2.45) is 0 Å². The van der Waals surface area contributed by atoms with Crippen LogP contribution in [0.25, 0.3) is 0 Å². The summed E-state index contributed by atoms with van der Waals surface area (Å²) in [5, 5.41) is 3.49. The second kappa shape index (κ2) is 7.00. The number of anilines is 1. The summed E-state index contributed by atoms with van der Waals surface area (Å²) in [5.74, 6) is 1.02. The van der Waals surface area contributed by atoms with Crippen LogP contribution in [-0.2, 0) is 6.54 Å². The lowest BCUT2D eigenvalue weighted by Gasteiger charge is -2.13. The molecule has 3 nitrogen and oxygen atoms in total. The molecule has 21 heavy (non-hydrogen) atoms. The smallest absolute Gasteiger partial charge is 0.125 e. The zero-order valence-electron chi connectivity index (χ0n) is 11.5. The molecule has 0 saturated heterocycles. The van der Waals surface area contributed by atoms with Gasteiger partial charge in [-0.1, -0.05) is 11.6 Å². The molecule has 2 rings (SSSR count). The molecule has 0 aromatic heterocycles. The topological polar surface area (TPSA) is 30.5 Å². The normalized spacial score (nSPS) is 10.3. The zero-order valence-corrected chi connectivity index (χ0v) is 13.9. The Kier molecular flexibility index (Phi) is 5.31. The van der Waals surface area contributed by atoms with Crippen molar-refractivity contribution in [2.45, 2.75) is 6.54 Å². The number of methoxy groups -OCH3 is 2. The average molecular weight is 375 g/mol. The molecule has 2 aromatic rings. The van der Waals surface area contributed by atoms with Crippen LogP contribution in [0.3, 0.4) is 0 Å². The number of benzene rings is 2. The Morgan fingerprint density at radius 3 is 2.24 bits per heavy atom. The van der Waals surface area contributed by atoms with Crippen molar-refractivity contribution in [3.63, 3.8) is 0 Å². The van der Waals surface area contributed by atoms with E-state index in [-0.39, 0.29) is 5.82 Å². The van der Waals surface area contributed by atoms with Crippen LogP contribution in [0.15, 0.2) is 34.8 Å².